The average molecular weight is 434 g/mol. The van der Waals surface area contributed by atoms with Crippen LogP contribution in [-0.4, -0.2) is 32.6 Å². The van der Waals surface area contributed by atoms with Crippen LogP contribution in [0.15, 0.2) is 47.6 Å². The van der Waals surface area contributed by atoms with E-state index in [1.54, 1.807) is 18.2 Å². The first kappa shape index (κ1) is 19.1. The van der Waals surface area contributed by atoms with E-state index >= 15 is 0 Å². The minimum absolute atomic E-state index is 0.0142. The lowest BCUT2D eigenvalue weighted by molar-refractivity contribution is -0.117. The standard InChI is InChI=1S/C19H17Cl2N5OS/c1-11(18(27)25-9-8-12-4-2-3-5-16(12)25)28-19-24-23-17(26(19)22)14-10-13(20)6-7-15(14)21/h2-7,10-11H,8-9,22H2,1H3. The number of carbonyl (C=O) groups excluding carboxylic acids is 1. The van der Waals surface area contributed by atoms with Gasteiger partial charge in [0, 0.05) is 22.8 Å². The number of nitrogen functional groups attached to an aromatic ring is 1. The van der Waals surface area contributed by atoms with Gasteiger partial charge in [0.15, 0.2) is 5.82 Å². The molecule has 1 aliphatic rings. The molecular formula is C19H17Cl2N5OS. The maximum Gasteiger partial charge on any atom is 0.240 e. The highest BCUT2D eigenvalue weighted by atomic mass is 35.5. The van der Waals surface area contributed by atoms with Gasteiger partial charge in [-0.15, -0.1) is 10.2 Å². The van der Waals surface area contributed by atoms with E-state index in [0.29, 0.717) is 33.1 Å². The zero-order valence-electron chi connectivity index (χ0n) is 15.0. The van der Waals surface area contributed by atoms with Crippen LogP contribution in [0.1, 0.15) is 12.5 Å². The van der Waals surface area contributed by atoms with Gasteiger partial charge in [-0.1, -0.05) is 53.2 Å². The highest BCUT2D eigenvalue weighted by Crippen LogP contribution is 2.33. The largest absolute Gasteiger partial charge is 0.335 e. The first-order valence-electron chi connectivity index (χ1n) is 8.67. The van der Waals surface area contributed by atoms with E-state index in [0.717, 1.165) is 12.1 Å². The van der Waals surface area contributed by atoms with E-state index in [2.05, 4.69) is 16.3 Å². The number of nitrogens with two attached hydrogens (primary N) is 1. The number of para-hydroxylation sites is 1. The predicted molar refractivity (Wildman–Crippen MR) is 113 cm³/mol. The molecule has 6 nitrogen and oxygen atoms in total. The number of thioether (sulfide) groups is 1. The molecule has 144 valence electrons. The summed E-state index contributed by atoms with van der Waals surface area (Å²) in [6.45, 7) is 2.52. The van der Waals surface area contributed by atoms with Crippen LogP contribution < -0.4 is 10.7 Å². The lowest BCUT2D eigenvalue weighted by atomic mass is 10.2. The molecule has 1 unspecified atom stereocenters. The quantitative estimate of drug-likeness (QED) is 0.496. The summed E-state index contributed by atoms with van der Waals surface area (Å²) in [5.74, 6) is 6.58. The van der Waals surface area contributed by atoms with Crippen LogP contribution in [0.5, 0.6) is 0 Å². The van der Waals surface area contributed by atoms with Gasteiger partial charge < -0.3 is 10.7 Å². The lowest BCUT2D eigenvalue weighted by Gasteiger charge is -2.21. The van der Waals surface area contributed by atoms with Crippen molar-refractivity contribution in [3.05, 3.63) is 58.1 Å². The van der Waals surface area contributed by atoms with Crippen LogP contribution in [0.2, 0.25) is 10.0 Å². The Morgan fingerprint density at radius 2 is 2.00 bits per heavy atom. The Hall–Kier alpha value is -2.22. The normalized spacial score (nSPS) is 14.2. The number of amides is 1. The van der Waals surface area contributed by atoms with Crippen LogP contribution in [0.3, 0.4) is 0 Å². The molecule has 9 heteroatoms. The number of carbonyl (C=O) groups is 1. The van der Waals surface area contributed by atoms with Gasteiger partial charge in [-0.05, 0) is 43.2 Å². The Bertz CT molecular complexity index is 1050. The topological polar surface area (TPSA) is 77.0 Å². The molecule has 0 bridgehead atoms. The molecule has 0 aliphatic carbocycles. The molecular weight excluding hydrogens is 417 g/mol. The smallest absolute Gasteiger partial charge is 0.240 e. The number of benzene rings is 2. The van der Waals surface area contributed by atoms with Gasteiger partial charge in [0.25, 0.3) is 0 Å². The van der Waals surface area contributed by atoms with Gasteiger partial charge >= 0.3 is 0 Å². The zero-order chi connectivity index (χ0) is 19.8. The summed E-state index contributed by atoms with van der Waals surface area (Å²) in [7, 11) is 0. The average Bonchev–Trinajstić information content (AvgIpc) is 3.27. The Balaban J connectivity index is 1.54. The van der Waals surface area contributed by atoms with Crippen molar-refractivity contribution < 1.29 is 4.79 Å². The molecule has 4 rings (SSSR count). The Morgan fingerprint density at radius 1 is 1.21 bits per heavy atom. The van der Waals surface area contributed by atoms with Crippen molar-refractivity contribution in [3.63, 3.8) is 0 Å². The van der Waals surface area contributed by atoms with Gasteiger partial charge in [0.1, 0.15) is 0 Å². The van der Waals surface area contributed by atoms with Crippen LogP contribution in [0.4, 0.5) is 5.69 Å². The summed E-state index contributed by atoms with van der Waals surface area (Å²) in [5.41, 5.74) is 2.75. The zero-order valence-corrected chi connectivity index (χ0v) is 17.3. The van der Waals surface area contributed by atoms with E-state index < -0.39 is 0 Å². The van der Waals surface area contributed by atoms with Gasteiger partial charge in [0.05, 0.1) is 10.3 Å². The van der Waals surface area contributed by atoms with Crippen molar-refractivity contribution in [1.29, 1.82) is 0 Å². The summed E-state index contributed by atoms with van der Waals surface area (Å²) in [4.78, 5) is 14.8. The summed E-state index contributed by atoms with van der Waals surface area (Å²) in [5, 5.41) is 9.31. The fourth-order valence-corrected chi connectivity index (χ4v) is 4.41. The molecule has 1 amide bonds. The van der Waals surface area contributed by atoms with Gasteiger partial charge in [-0.2, -0.15) is 0 Å². The van der Waals surface area contributed by atoms with Crippen molar-refractivity contribution in [1.82, 2.24) is 14.9 Å². The highest BCUT2D eigenvalue weighted by molar-refractivity contribution is 8.00. The molecule has 0 radical (unpaired) electrons. The van der Waals surface area contributed by atoms with E-state index in [4.69, 9.17) is 29.0 Å². The summed E-state index contributed by atoms with van der Waals surface area (Å²) >= 11 is 13.6. The first-order valence-corrected chi connectivity index (χ1v) is 10.3. The van der Waals surface area contributed by atoms with Gasteiger partial charge in [0.2, 0.25) is 11.1 Å². The van der Waals surface area contributed by atoms with Crippen molar-refractivity contribution in [3.8, 4) is 11.4 Å². The van der Waals surface area contributed by atoms with Crippen molar-refractivity contribution in [2.75, 3.05) is 17.3 Å². The second kappa shape index (κ2) is 7.66. The third-order valence-electron chi connectivity index (χ3n) is 4.62. The Kier molecular flexibility index (Phi) is 5.23. The van der Waals surface area contributed by atoms with Crippen LogP contribution in [-0.2, 0) is 11.2 Å². The maximum absolute atomic E-state index is 13.0. The molecule has 0 saturated carbocycles. The number of hydrogen-bond donors (Lipinski definition) is 1. The number of anilines is 1. The number of rotatable bonds is 4. The molecule has 0 spiro atoms. The molecule has 1 aliphatic heterocycles. The second-order valence-corrected chi connectivity index (χ2v) is 8.58. The number of nitrogens with zero attached hydrogens (tertiary/aromatic N) is 4. The van der Waals surface area contributed by atoms with E-state index in [1.165, 1.54) is 22.0 Å². The van der Waals surface area contributed by atoms with Crippen molar-refractivity contribution >= 4 is 46.6 Å². The maximum atomic E-state index is 13.0. The molecule has 28 heavy (non-hydrogen) atoms. The SMILES string of the molecule is CC(Sc1nnc(-c2cc(Cl)ccc2Cl)n1N)C(=O)N1CCc2ccccc21. The van der Waals surface area contributed by atoms with E-state index in [1.807, 2.05) is 30.0 Å². The molecule has 2 N–H and O–H groups in total. The summed E-state index contributed by atoms with van der Waals surface area (Å²) in [6.07, 6.45) is 0.865. The van der Waals surface area contributed by atoms with Crippen LogP contribution in [0, 0.1) is 0 Å². The molecule has 1 atom stereocenters. The molecule has 3 aromatic rings. The molecule has 1 aromatic heterocycles. The minimum atomic E-state index is -0.375. The number of hydrogen-bond acceptors (Lipinski definition) is 5. The first-order chi connectivity index (χ1) is 13.5. The van der Waals surface area contributed by atoms with Crippen molar-refractivity contribution in [2.24, 2.45) is 0 Å². The molecule has 2 heterocycles. The second-order valence-electron chi connectivity index (χ2n) is 6.43. The number of aromatic nitrogens is 3. The lowest BCUT2D eigenvalue weighted by Crippen LogP contribution is -2.35. The molecule has 0 fully saturated rings. The monoisotopic (exact) mass is 433 g/mol. The molecule has 2 aromatic carbocycles. The third kappa shape index (κ3) is 3.45. The fourth-order valence-electron chi connectivity index (χ4n) is 3.21. The Labute approximate surface area is 176 Å². The van der Waals surface area contributed by atoms with Crippen LogP contribution in [0.25, 0.3) is 11.4 Å². The van der Waals surface area contributed by atoms with Crippen molar-refractivity contribution in [2.45, 2.75) is 23.8 Å². The minimum Gasteiger partial charge on any atom is -0.335 e. The summed E-state index contributed by atoms with van der Waals surface area (Å²) < 4.78 is 1.34. The highest BCUT2D eigenvalue weighted by Gasteiger charge is 2.29. The number of fused-ring (bicyclic) bond motifs is 1. The van der Waals surface area contributed by atoms with E-state index in [9.17, 15) is 4.79 Å². The van der Waals surface area contributed by atoms with Gasteiger partial charge in [-0.3, -0.25) is 4.79 Å². The fraction of sp³-hybridized carbons (Fsp3) is 0.211. The third-order valence-corrected chi connectivity index (χ3v) is 6.23. The van der Waals surface area contributed by atoms with Crippen LogP contribution >= 0.6 is 35.0 Å². The molecule has 0 saturated heterocycles. The predicted octanol–water partition coefficient (Wildman–Crippen LogP) is 4.04. The van der Waals surface area contributed by atoms with E-state index in [-0.39, 0.29) is 11.2 Å². The Morgan fingerprint density at radius 3 is 2.82 bits per heavy atom. The summed E-state index contributed by atoms with van der Waals surface area (Å²) in [6, 6.07) is 13.0. The van der Waals surface area contributed by atoms with Gasteiger partial charge in [-0.25, -0.2) is 4.68 Å². The number of halogens is 2.